The molecule has 0 saturated carbocycles. The van der Waals surface area contributed by atoms with Crippen LogP contribution in [0, 0.1) is 6.92 Å². The van der Waals surface area contributed by atoms with Crippen molar-refractivity contribution in [1.29, 1.82) is 0 Å². The maximum atomic E-state index is 4.36. The van der Waals surface area contributed by atoms with Crippen LogP contribution in [0.15, 0.2) is 6.20 Å². The van der Waals surface area contributed by atoms with E-state index in [9.17, 15) is 0 Å². The Balaban J connectivity index is 2.32. The molecule has 1 aromatic heterocycles. The number of aryl methyl sites for hydroxylation is 1. The highest BCUT2D eigenvalue weighted by molar-refractivity contribution is 7.11. The average molecular weight is 213 g/mol. The molecule has 0 aliphatic heterocycles. The highest BCUT2D eigenvalue weighted by Gasteiger charge is 2.07. The molecular formula is C10H19N3S. The first-order chi connectivity index (χ1) is 6.59. The summed E-state index contributed by atoms with van der Waals surface area (Å²) in [5.74, 6) is 0. The van der Waals surface area contributed by atoms with Gasteiger partial charge in [0.15, 0.2) is 0 Å². The van der Waals surface area contributed by atoms with Gasteiger partial charge >= 0.3 is 0 Å². The minimum absolute atomic E-state index is 0.369. The summed E-state index contributed by atoms with van der Waals surface area (Å²) in [7, 11) is 4.17. The quantitative estimate of drug-likeness (QED) is 0.806. The minimum Gasteiger partial charge on any atom is -0.308 e. The van der Waals surface area contributed by atoms with Gasteiger partial charge in [0.05, 0.1) is 6.04 Å². The summed E-state index contributed by atoms with van der Waals surface area (Å²) < 4.78 is 0. The van der Waals surface area contributed by atoms with Crippen LogP contribution >= 0.6 is 11.3 Å². The van der Waals surface area contributed by atoms with Gasteiger partial charge in [-0.1, -0.05) is 0 Å². The molecular weight excluding hydrogens is 194 g/mol. The Bertz CT molecular complexity index is 270. The third-order valence-electron chi connectivity index (χ3n) is 2.02. The SMILES string of the molecule is Cc1cnc(C(C)NCCN(C)C)s1. The molecule has 0 aliphatic carbocycles. The normalized spacial score (nSPS) is 13.5. The molecule has 0 radical (unpaired) electrons. The zero-order valence-corrected chi connectivity index (χ0v) is 10.2. The average Bonchev–Trinajstić information content (AvgIpc) is 2.51. The maximum absolute atomic E-state index is 4.36. The summed E-state index contributed by atoms with van der Waals surface area (Å²) >= 11 is 1.77. The van der Waals surface area contributed by atoms with Gasteiger partial charge in [-0.3, -0.25) is 0 Å². The third-order valence-corrected chi connectivity index (χ3v) is 3.11. The Hall–Kier alpha value is -0.450. The van der Waals surface area contributed by atoms with Crippen molar-refractivity contribution in [3.63, 3.8) is 0 Å². The van der Waals surface area contributed by atoms with Crippen LogP contribution < -0.4 is 5.32 Å². The molecule has 1 rings (SSSR count). The van der Waals surface area contributed by atoms with Gasteiger partial charge in [-0.05, 0) is 27.9 Å². The zero-order valence-electron chi connectivity index (χ0n) is 9.37. The van der Waals surface area contributed by atoms with E-state index in [2.05, 4.69) is 43.1 Å². The van der Waals surface area contributed by atoms with Crippen molar-refractivity contribution in [2.75, 3.05) is 27.2 Å². The van der Waals surface area contributed by atoms with E-state index >= 15 is 0 Å². The third kappa shape index (κ3) is 3.74. The molecule has 1 unspecified atom stereocenters. The first-order valence-corrected chi connectivity index (χ1v) is 5.71. The summed E-state index contributed by atoms with van der Waals surface area (Å²) in [6, 6.07) is 0.369. The molecule has 0 aromatic carbocycles. The van der Waals surface area contributed by atoms with Crippen LogP contribution in [0.4, 0.5) is 0 Å². The molecule has 0 spiro atoms. The lowest BCUT2D eigenvalue weighted by molar-refractivity contribution is 0.389. The molecule has 1 aromatic rings. The van der Waals surface area contributed by atoms with Crippen LogP contribution in [0.3, 0.4) is 0 Å². The molecule has 0 aliphatic rings. The van der Waals surface area contributed by atoms with Crippen LogP contribution in [0.1, 0.15) is 22.9 Å². The highest BCUT2D eigenvalue weighted by Crippen LogP contribution is 2.18. The van der Waals surface area contributed by atoms with Gasteiger partial charge < -0.3 is 10.2 Å². The van der Waals surface area contributed by atoms with Gasteiger partial charge in [-0.15, -0.1) is 11.3 Å². The molecule has 80 valence electrons. The van der Waals surface area contributed by atoms with Crippen molar-refractivity contribution in [3.05, 3.63) is 16.1 Å². The molecule has 0 amide bonds. The smallest absolute Gasteiger partial charge is 0.109 e. The second-order valence-corrected chi connectivity index (χ2v) is 5.05. The molecule has 1 atom stereocenters. The molecule has 3 nitrogen and oxygen atoms in total. The minimum atomic E-state index is 0.369. The summed E-state index contributed by atoms with van der Waals surface area (Å²) in [6.07, 6.45) is 1.93. The van der Waals surface area contributed by atoms with Crippen LogP contribution in [0.2, 0.25) is 0 Å². The van der Waals surface area contributed by atoms with Crippen molar-refractivity contribution in [2.45, 2.75) is 19.9 Å². The monoisotopic (exact) mass is 213 g/mol. The Labute approximate surface area is 90.2 Å². The molecule has 4 heteroatoms. The summed E-state index contributed by atoms with van der Waals surface area (Å²) in [4.78, 5) is 7.81. The Morgan fingerprint density at radius 3 is 2.79 bits per heavy atom. The van der Waals surface area contributed by atoms with Gasteiger partial charge in [0, 0.05) is 24.2 Å². The molecule has 0 bridgehead atoms. The lowest BCUT2D eigenvalue weighted by Crippen LogP contribution is -2.28. The molecule has 0 fully saturated rings. The fraction of sp³-hybridized carbons (Fsp3) is 0.700. The van der Waals surface area contributed by atoms with E-state index in [0.29, 0.717) is 6.04 Å². The maximum Gasteiger partial charge on any atom is 0.109 e. The van der Waals surface area contributed by atoms with E-state index in [1.165, 1.54) is 9.88 Å². The number of hydrogen-bond acceptors (Lipinski definition) is 4. The first-order valence-electron chi connectivity index (χ1n) is 4.90. The van der Waals surface area contributed by atoms with E-state index in [1.807, 2.05) is 6.20 Å². The Morgan fingerprint density at radius 2 is 2.29 bits per heavy atom. The highest BCUT2D eigenvalue weighted by atomic mass is 32.1. The van der Waals surface area contributed by atoms with Crippen LogP contribution in [0.25, 0.3) is 0 Å². The van der Waals surface area contributed by atoms with Crippen LogP contribution in [0.5, 0.6) is 0 Å². The van der Waals surface area contributed by atoms with E-state index in [-0.39, 0.29) is 0 Å². The van der Waals surface area contributed by atoms with E-state index in [4.69, 9.17) is 0 Å². The Morgan fingerprint density at radius 1 is 1.57 bits per heavy atom. The first kappa shape index (κ1) is 11.6. The number of thiazole rings is 1. The number of likely N-dealkylation sites (N-methyl/N-ethyl adjacent to an activating group) is 1. The standard InChI is InChI=1S/C10H19N3S/c1-8-7-12-10(14-8)9(2)11-5-6-13(3)4/h7,9,11H,5-6H2,1-4H3. The Kier molecular flexibility index (Phi) is 4.51. The number of nitrogens with zero attached hydrogens (tertiary/aromatic N) is 2. The van der Waals surface area contributed by atoms with E-state index in [1.54, 1.807) is 11.3 Å². The number of hydrogen-bond donors (Lipinski definition) is 1. The number of rotatable bonds is 5. The van der Waals surface area contributed by atoms with E-state index < -0.39 is 0 Å². The second kappa shape index (κ2) is 5.44. The van der Waals surface area contributed by atoms with Crippen LogP contribution in [-0.4, -0.2) is 37.1 Å². The van der Waals surface area contributed by atoms with Crippen molar-refractivity contribution in [3.8, 4) is 0 Å². The van der Waals surface area contributed by atoms with Gasteiger partial charge in [0.25, 0.3) is 0 Å². The van der Waals surface area contributed by atoms with Gasteiger partial charge in [0.2, 0.25) is 0 Å². The molecule has 14 heavy (non-hydrogen) atoms. The number of aromatic nitrogens is 1. The van der Waals surface area contributed by atoms with E-state index in [0.717, 1.165) is 13.1 Å². The molecule has 1 heterocycles. The fourth-order valence-electron chi connectivity index (χ4n) is 1.16. The zero-order chi connectivity index (χ0) is 10.6. The van der Waals surface area contributed by atoms with Crippen molar-refractivity contribution in [2.24, 2.45) is 0 Å². The lowest BCUT2D eigenvalue weighted by atomic mass is 10.3. The van der Waals surface area contributed by atoms with Crippen molar-refractivity contribution < 1.29 is 0 Å². The van der Waals surface area contributed by atoms with Gasteiger partial charge in [-0.25, -0.2) is 4.98 Å². The molecule has 0 saturated heterocycles. The summed E-state index contributed by atoms with van der Waals surface area (Å²) in [5, 5.41) is 4.63. The topological polar surface area (TPSA) is 28.2 Å². The predicted octanol–water partition coefficient (Wildman–Crippen LogP) is 1.66. The summed E-state index contributed by atoms with van der Waals surface area (Å²) in [6.45, 7) is 6.32. The summed E-state index contributed by atoms with van der Waals surface area (Å²) in [5.41, 5.74) is 0. The lowest BCUT2D eigenvalue weighted by Gasteiger charge is -2.14. The number of nitrogens with one attached hydrogen (secondary N) is 1. The van der Waals surface area contributed by atoms with Crippen molar-refractivity contribution >= 4 is 11.3 Å². The predicted molar refractivity (Wildman–Crippen MR) is 61.8 cm³/mol. The van der Waals surface area contributed by atoms with Gasteiger partial charge in [-0.2, -0.15) is 0 Å². The van der Waals surface area contributed by atoms with Crippen molar-refractivity contribution in [1.82, 2.24) is 15.2 Å². The van der Waals surface area contributed by atoms with Crippen LogP contribution in [-0.2, 0) is 0 Å². The largest absolute Gasteiger partial charge is 0.308 e. The second-order valence-electron chi connectivity index (χ2n) is 3.79. The fourth-order valence-corrected chi connectivity index (χ4v) is 1.97. The van der Waals surface area contributed by atoms with Gasteiger partial charge in [0.1, 0.15) is 5.01 Å². The molecule has 1 N–H and O–H groups in total.